The smallest absolute Gasteiger partial charge is 0.407 e. The summed E-state index contributed by atoms with van der Waals surface area (Å²) in [6.45, 7) is 11.3. The Morgan fingerprint density at radius 1 is 0.738 bits per heavy atom. The van der Waals surface area contributed by atoms with E-state index in [0.29, 0.717) is 36.9 Å². The zero-order valence-corrected chi connectivity index (χ0v) is 51.2. The van der Waals surface area contributed by atoms with Gasteiger partial charge in [0.15, 0.2) is 24.5 Å². The molecule has 1 aromatic carbocycles. The van der Waals surface area contributed by atoms with Crippen LogP contribution in [0, 0.1) is 17.8 Å². The Hall–Kier alpha value is -5.18. The van der Waals surface area contributed by atoms with Crippen molar-refractivity contribution >= 4 is 52.7 Å². The number of rotatable bonds is 45. The summed E-state index contributed by atoms with van der Waals surface area (Å²) in [5.74, 6) is -2.57. The number of hydrogen-bond donors (Lipinski definition) is 12. The van der Waals surface area contributed by atoms with Crippen molar-refractivity contribution in [1.29, 1.82) is 0 Å². The maximum absolute atomic E-state index is 13.8. The molecule has 0 bridgehead atoms. The fourth-order valence-corrected chi connectivity index (χ4v) is 9.31. The number of amides is 5. The molecule has 482 valence electrons. The summed E-state index contributed by atoms with van der Waals surface area (Å²) in [5.41, 5.74) is 8.69. The average Bonchev–Trinajstić information content (AvgIpc) is 3.54. The van der Waals surface area contributed by atoms with E-state index in [4.69, 9.17) is 30.0 Å². The second-order valence-corrected chi connectivity index (χ2v) is 22.5. The third-order valence-corrected chi connectivity index (χ3v) is 14.4. The molecule has 2 rings (SSSR count). The predicted octanol–water partition coefficient (Wildman–Crippen LogP) is 6.17. The highest BCUT2D eigenvalue weighted by atomic mass is 16.7. The Bertz CT molecular complexity index is 2050. The van der Waals surface area contributed by atoms with E-state index in [1.807, 2.05) is 27.7 Å². The first-order valence-electron chi connectivity index (χ1n) is 30.3. The van der Waals surface area contributed by atoms with Crippen molar-refractivity contribution in [3.63, 3.8) is 0 Å². The number of Topliss-reactive ketones (excluding diaryl/α,β-unsaturated/α-hetero) is 3. The number of ketones is 3. The van der Waals surface area contributed by atoms with E-state index < -0.39 is 79.4 Å². The van der Waals surface area contributed by atoms with Gasteiger partial charge in [-0.2, -0.15) is 5.48 Å². The highest BCUT2D eigenvalue weighted by Crippen LogP contribution is 2.25. The lowest BCUT2D eigenvalue weighted by molar-refractivity contribution is -0.303. The molecule has 0 saturated carbocycles. The van der Waals surface area contributed by atoms with Crippen LogP contribution in [0.4, 0.5) is 15.3 Å². The van der Waals surface area contributed by atoms with Gasteiger partial charge in [-0.15, -0.1) is 0 Å². The standard InChI is InChI=1S/C57H98N6O15.C3H7NO2/c1-7-8-9-10-11-12-13-14-15-16-17-20-24-39(4)50(68)45(37-75-55-53(71)52(70)51(69)47(34-64)78-55)61-57(74)76-36-42-28-30-44(31-29-42)60-54(72)43(26-23-32-59-56(58)73)33-46(66)49(38(2)3)62-48(67)27-22-19-18-21-25-40(5)63-77-35-41(6)65;1-3(5)2-4-6/h28-31,38-39,43,45,47,49-53,55,64,68-71H,7-27,32-37H2,1-6H3,(H,60,72)(H,61,74)(H,62,67)(H3,58,59,73);4,6H,2H2,1H3/b63-40+;/t39-,43-,45+,47?,49+,50-,51+,52+,53?,55+;/m1./s1. The summed E-state index contributed by atoms with van der Waals surface area (Å²) in [4.78, 5) is 91.1. The number of urea groups is 1. The highest BCUT2D eigenvalue weighted by molar-refractivity contribution is 5.97. The zero-order chi connectivity index (χ0) is 62.8. The molecule has 2 unspecified atom stereocenters. The van der Waals surface area contributed by atoms with Crippen LogP contribution in [0.15, 0.2) is 29.4 Å². The molecule has 1 aliphatic heterocycles. The number of hydrogen-bond acceptors (Lipinski definition) is 19. The molecule has 1 heterocycles. The predicted molar refractivity (Wildman–Crippen MR) is 317 cm³/mol. The number of oxime groups is 1. The number of unbranched alkanes of at least 4 members (excludes halogenated alkanes) is 14. The number of nitrogens with two attached hydrogens (primary N) is 1. The number of hydroxylamine groups is 1. The molecule has 1 saturated heterocycles. The van der Waals surface area contributed by atoms with Crippen LogP contribution in [0.25, 0.3) is 0 Å². The van der Waals surface area contributed by atoms with Crippen molar-refractivity contribution in [3.05, 3.63) is 29.8 Å². The van der Waals surface area contributed by atoms with Crippen LogP contribution in [0.3, 0.4) is 0 Å². The van der Waals surface area contributed by atoms with E-state index in [-0.39, 0.29) is 87.3 Å². The molecule has 24 heteroatoms. The summed E-state index contributed by atoms with van der Waals surface area (Å²) < 4.78 is 16.8. The van der Waals surface area contributed by atoms with Gasteiger partial charge >= 0.3 is 12.1 Å². The molecule has 10 atom stereocenters. The lowest BCUT2D eigenvalue weighted by Gasteiger charge is -2.40. The number of primary amides is 1. The molecule has 1 aromatic rings. The van der Waals surface area contributed by atoms with Gasteiger partial charge in [0.25, 0.3) is 0 Å². The van der Waals surface area contributed by atoms with Gasteiger partial charge in [0.2, 0.25) is 11.8 Å². The van der Waals surface area contributed by atoms with Crippen molar-refractivity contribution in [2.24, 2.45) is 28.6 Å². The van der Waals surface area contributed by atoms with Gasteiger partial charge < -0.3 is 76.8 Å². The van der Waals surface area contributed by atoms with Gasteiger partial charge in [-0.05, 0) is 88.8 Å². The zero-order valence-electron chi connectivity index (χ0n) is 51.2. The first-order valence-corrected chi connectivity index (χ1v) is 30.3. The first-order chi connectivity index (χ1) is 40.0. The van der Waals surface area contributed by atoms with E-state index >= 15 is 0 Å². The molecule has 24 nitrogen and oxygen atoms in total. The van der Waals surface area contributed by atoms with Crippen molar-refractivity contribution in [2.45, 2.75) is 245 Å². The number of ether oxygens (including phenoxy) is 3. The molecule has 0 aromatic heterocycles. The number of carbonyl (C=O) groups is 7. The second-order valence-electron chi connectivity index (χ2n) is 22.5. The Morgan fingerprint density at radius 2 is 1.33 bits per heavy atom. The Balaban J connectivity index is 0.00000556. The SMILES string of the molecule is CC(=O)CNO.CCCCCCCCCCCCCC[C@@H](C)[C@@H](O)[C@H](CO[C@H]1OC(CO)[C@H](O)[C@H](O)C1O)NC(=O)OCc1ccc(NC(=O)[C@H](CCCNC(N)=O)CC(=O)[C@@H](NC(=O)CCCCCC/C(C)=N/OCC(C)=O)C(C)C)cc1. The van der Waals surface area contributed by atoms with Crippen molar-refractivity contribution < 1.29 is 83.3 Å². The lowest BCUT2D eigenvalue weighted by Crippen LogP contribution is -2.60. The number of alkyl carbamates (subject to hydrolysis) is 1. The molecule has 1 aliphatic rings. The van der Waals surface area contributed by atoms with E-state index in [9.17, 15) is 59.1 Å². The number of carbonyl (C=O) groups excluding carboxylic acids is 7. The van der Waals surface area contributed by atoms with Crippen LogP contribution < -0.4 is 32.5 Å². The molecule has 84 heavy (non-hydrogen) atoms. The molecule has 1 fully saturated rings. The van der Waals surface area contributed by atoms with Crippen LogP contribution in [0.5, 0.6) is 0 Å². The van der Waals surface area contributed by atoms with Crippen molar-refractivity contribution in [1.82, 2.24) is 21.4 Å². The van der Waals surface area contributed by atoms with Crippen molar-refractivity contribution in [2.75, 3.05) is 38.2 Å². The normalized spacial score (nSPS) is 18.7. The summed E-state index contributed by atoms with van der Waals surface area (Å²) in [6, 6.07) is 3.88. The number of nitrogens with one attached hydrogen (secondary N) is 5. The van der Waals surface area contributed by atoms with Gasteiger partial charge in [-0.1, -0.05) is 135 Å². The fourth-order valence-electron chi connectivity index (χ4n) is 9.31. The summed E-state index contributed by atoms with van der Waals surface area (Å²) >= 11 is 0. The average molecular weight is 1200 g/mol. The molecule has 0 aliphatic carbocycles. The van der Waals surface area contributed by atoms with Crippen molar-refractivity contribution in [3.8, 4) is 0 Å². The minimum atomic E-state index is -1.68. The lowest BCUT2D eigenvalue weighted by atomic mass is 9.89. The Labute approximate surface area is 497 Å². The van der Waals surface area contributed by atoms with Gasteiger partial charge in [-0.3, -0.25) is 24.0 Å². The molecular weight excluding hydrogens is 1090 g/mol. The maximum Gasteiger partial charge on any atom is 0.407 e. The molecule has 13 N–H and O–H groups in total. The Morgan fingerprint density at radius 3 is 1.88 bits per heavy atom. The van der Waals surface area contributed by atoms with E-state index in [0.717, 1.165) is 50.7 Å². The fraction of sp³-hybridized carbons (Fsp3) is 0.767. The third-order valence-electron chi connectivity index (χ3n) is 14.4. The number of anilines is 1. The van der Waals surface area contributed by atoms with E-state index in [2.05, 4.69) is 33.3 Å². The monoisotopic (exact) mass is 1200 g/mol. The van der Waals surface area contributed by atoms with E-state index in [1.165, 1.54) is 65.2 Å². The highest BCUT2D eigenvalue weighted by Gasteiger charge is 2.44. The summed E-state index contributed by atoms with van der Waals surface area (Å²) in [7, 11) is 0. The summed E-state index contributed by atoms with van der Waals surface area (Å²) in [6.07, 6.45) is 9.71. The number of aliphatic hydroxyl groups is 5. The Kier molecular flexibility index (Phi) is 42.2. The molecular formula is C60H105N7O17. The van der Waals surface area contributed by atoms with Gasteiger partial charge in [0.1, 0.15) is 36.8 Å². The molecule has 0 radical (unpaired) electrons. The van der Waals surface area contributed by atoms with Crippen LogP contribution in [0.2, 0.25) is 0 Å². The van der Waals surface area contributed by atoms with Gasteiger partial charge in [0.05, 0.1) is 43.7 Å². The van der Waals surface area contributed by atoms with Gasteiger partial charge in [0, 0.05) is 31.0 Å². The largest absolute Gasteiger partial charge is 0.445 e. The van der Waals surface area contributed by atoms with Crippen LogP contribution in [-0.4, -0.2) is 160 Å². The minimum absolute atomic E-state index is 0.0417. The minimum Gasteiger partial charge on any atom is -0.445 e. The summed E-state index contributed by atoms with van der Waals surface area (Å²) in [5, 5.41) is 74.9. The number of nitrogens with zero attached hydrogens (tertiary/aromatic N) is 1. The third kappa shape index (κ3) is 35.3. The molecule has 5 amide bonds. The van der Waals surface area contributed by atoms with Gasteiger partial charge in [-0.25, -0.2) is 9.59 Å². The van der Waals surface area contributed by atoms with Crippen LogP contribution >= 0.6 is 0 Å². The second kappa shape index (κ2) is 46.1. The first kappa shape index (κ1) is 76.8. The number of aliphatic hydroxyl groups excluding tert-OH is 5. The van der Waals surface area contributed by atoms with E-state index in [1.54, 1.807) is 29.7 Å². The van der Waals surface area contributed by atoms with Crippen LogP contribution in [-0.2, 0) is 49.6 Å². The number of benzene rings is 1. The quantitative estimate of drug-likeness (QED) is 0.0197. The maximum atomic E-state index is 13.8. The molecule has 0 spiro atoms. The van der Waals surface area contributed by atoms with Crippen LogP contribution in [0.1, 0.15) is 195 Å². The topological polar surface area (TPSA) is 376 Å².